The van der Waals surface area contributed by atoms with Crippen LogP contribution in [-0.4, -0.2) is 40.3 Å². The Kier molecular flexibility index (Phi) is 3.85. The first-order valence-corrected chi connectivity index (χ1v) is 7.65. The van der Waals surface area contributed by atoms with E-state index in [1.165, 1.54) is 44.8 Å². The zero-order valence-electron chi connectivity index (χ0n) is 12.0. The summed E-state index contributed by atoms with van der Waals surface area (Å²) in [6.45, 7) is 4.50. The predicted molar refractivity (Wildman–Crippen MR) is 78.9 cm³/mol. The molecule has 2 fully saturated rings. The molecule has 0 radical (unpaired) electrons. The molecule has 0 aromatic heterocycles. The second-order valence-corrected chi connectivity index (χ2v) is 6.18. The number of phenolic OH excluding ortho intramolecular Hbond substituents is 2. The lowest BCUT2D eigenvalue weighted by molar-refractivity contribution is 0.162. The average molecular weight is 276 g/mol. The van der Waals surface area contributed by atoms with Crippen molar-refractivity contribution in [2.75, 3.05) is 13.1 Å². The molecule has 2 aliphatic heterocycles. The number of nitrogens with zero attached hydrogens (tertiary/aromatic N) is 1. The number of piperidine rings is 1. The SMILES string of the molecule is CC(NC1CCN2CCCC2C1)c1cc(O)ccc1O. The number of benzene rings is 1. The van der Waals surface area contributed by atoms with Gasteiger partial charge in [-0.05, 0) is 63.9 Å². The summed E-state index contributed by atoms with van der Waals surface area (Å²) in [6, 6.07) is 6.03. The van der Waals surface area contributed by atoms with Gasteiger partial charge < -0.3 is 20.4 Å². The lowest BCUT2D eigenvalue weighted by atomic mass is 9.96. The van der Waals surface area contributed by atoms with Crippen LogP contribution in [0.1, 0.15) is 44.2 Å². The Labute approximate surface area is 120 Å². The normalized spacial score (nSPS) is 28.2. The fourth-order valence-electron chi connectivity index (χ4n) is 3.71. The molecule has 3 N–H and O–H groups in total. The molecule has 4 heteroatoms. The summed E-state index contributed by atoms with van der Waals surface area (Å²) in [5, 5.41) is 23.1. The van der Waals surface area contributed by atoms with Crippen LogP contribution in [0.4, 0.5) is 0 Å². The highest BCUT2D eigenvalue weighted by molar-refractivity contribution is 5.40. The number of aromatic hydroxyl groups is 2. The first-order valence-electron chi connectivity index (χ1n) is 7.65. The molecule has 1 aromatic rings. The molecule has 110 valence electrons. The van der Waals surface area contributed by atoms with Crippen LogP contribution in [-0.2, 0) is 0 Å². The van der Waals surface area contributed by atoms with Crippen molar-refractivity contribution < 1.29 is 10.2 Å². The van der Waals surface area contributed by atoms with E-state index in [0.29, 0.717) is 6.04 Å². The van der Waals surface area contributed by atoms with Crippen LogP contribution in [0.15, 0.2) is 18.2 Å². The van der Waals surface area contributed by atoms with Gasteiger partial charge in [0, 0.05) is 23.7 Å². The van der Waals surface area contributed by atoms with Crippen molar-refractivity contribution in [3.05, 3.63) is 23.8 Å². The number of fused-ring (bicyclic) bond motifs is 1. The molecule has 4 nitrogen and oxygen atoms in total. The summed E-state index contributed by atoms with van der Waals surface area (Å²) in [7, 11) is 0. The molecule has 0 spiro atoms. The Balaban J connectivity index is 1.64. The fourth-order valence-corrected chi connectivity index (χ4v) is 3.71. The van der Waals surface area contributed by atoms with Crippen molar-refractivity contribution in [2.45, 2.75) is 50.7 Å². The Bertz CT molecular complexity index is 478. The molecule has 20 heavy (non-hydrogen) atoms. The highest BCUT2D eigenvalue weighted by Crippen LogP contribution is 2.31. The molecule has 2 aliphatic rings. The molecule has 1 aromatic carbocycles. The van der Waals surface area contributed by atoms with Gasteiger partial charge in [0.2, 0.25) is 0 Å². The molecule has 0 saturated carbocycles. The van der Waals surface area contributed by atoms with Crippen LogP contribution in [0.3, 0.4) is 0 Å². The number of rotatable bonds is 3. The smallest absolute Gasteiger partial charge is 0.120 e. The minimum Gasteiger partial charge on any atom is -0.508 e. The predicted octanol–water partition coefficient (Wildman–Crippen LogP) is 2.38. The van der Waals surface area contributed by atoms with E-state index in [1.807, 2.05) is 0 Å². The third-order valence-corrected chi connectivity index (χ3v) is 4.78. The third kappa shape index (κ3) is 2.76. The number of hydrogen-bond donors (Lipinski definition) is 3. The van der Waals surface area contributed by atoms with Crippen molar-refractivity contribution in [1.82, 2.24) is 10.2 Å². The maximum absolute atomic E-state index is 9.93. The average Bonchev–Trinajstić information content (AvgIpc) is 2.89. The zero-order chi connectivity index (χ0) is 14.1. The summed E-state index contributed by atoms with van der Waals surface area (Å²) in [5.41, 5.74) is 0.777. The quantitative estimate of drug-likeness (QED) is 0.742. The van der Waals surface area contributed by atoms with Gasteiger partial charge in [0.25, 0.3) is 0 Å². The number of hydrogen-bond acceptors (Lipinski definition) is 4. The Hall–Kier alpha value is -1.26. The van der Waals surface area contributed by atoms with Gasteiger partial charge in [-0.3, -0.25) is 0 Å². The van der Waals surface area contributed by atoms with E-state index in [2.05, 4.69) is 17.1 Å². The van der Waals surface area contributed by atoms with E-state index in [9.17, 15) is 10.2 Å². The fraction of sp³-hybridized carbons (Fsp3) is 0.625. The van der Waals surface area contributed by atoms with Gasteiger partial charge >= 0.3 is 0 Å². The molecule has 3 unspecified atom stereocenters. The maximum atomic E-state index is 9.93. The monoisotopic (exact) mass is 276 g/mol. The van der Waals surface area contributed by atoms with Crippen LogP contribution in [0.25, 0.3) is 0 Å². The second-order valence-electron chi connectivity index (χ2n) is 6.18. The highest BCUT2D eigenvalue weighted by atomic mass is 16.3. The van der Waals surface area contributed by atoms with Crippen molar-refractivity contribution in [1.29, 1.82) is 0 Å². The van der Waals surface area contributed by atoms with Gasteiger partial charge in [-0.1, -0.05) is 0 Å². The zero-order valence-corrected chi connectivity index (χ0v) is 12.0. The van der Waals surface area contributed by atoms with E-state index in [4.69, 9.17) is 0 Å². The second kappa shape index (κ2) is 5.62. The molecule has 0 amide bonds. The molecule has 3 atom stereocenters. The van der Waals surface area contributed by atoms with Gasteiger partial charge in [0.15, 0.2) is 0 Å². The molecule has 2 saturated heterocycles. The van der Waals surface area contributed by atoms with Gasteiger partial charge in [-0.2, -0.15) is 0 Å². The van der Waals surface area contributed by atoms with Crippen molar-refractivity contribution in [3.63, 3.8) is 0 Å². The maximum Gasteiger partial charge on any atom is 0.120 e. The van der Waals surface area contributed by atoms with E-state index in [1.54, 1.807) is 12.1 Å². The van der Waals surface area contributed by atoms with Crippen molar-refractivity contribution >= 4 is 0 Å². The van der Waals surface area contributed by atoms with Crippen LogP contribution in [0.2, 0.25) is 0 Å². The number of nitrogens with one attached hydrogen (secondary N) is 1. The molecule has 0 aliphatic carbocycles. The summed E-state index contributed by atoms with van der Waals surface area (Å²) in [4.78, 5) is 2.61. The summed E-state index contributed by atoms with van der Waals surface area (Å²) >= 11 is 0. The van der Waals surface area contributed by atoms with Crippen LogP contribution in [0, 0.1) is 0 Å². The highest BCUT2D eigenvalue weighted by Gasteiger charge is 2.32. The summed E-state index contributed by atoms with van der Waals surface area (Å²) in [6.07, 6.45) is 5.02. The first-order chi connectivity index (χ1) is 9.63. The van der Waals surface area contributed by atoms with Crippen LogP contribution in [0.5, 0.6) is 11.5 Å². The molecule has 0 bridgehead atoms. The van der Waals surface area contributed by atoms with E-state index in [0.717, 1.165) is 11.6 Å². The van der Waals surface area contributed by atoms with Gasteiger partial charge in [-0.25, -0.2) is 0 Å². The molecule has 3 rings (SSSR count). The van der Waals surface area contributed by atoms with Gasteiger partial charge in [-0.15, -0.1) is 0 Å². The Morgan fingerprint density at radius 1 is 1.25 bits per heavy atom. The molecular formula is C16H24N2O2. The van der Waals surface area contributed by atoms with E-state index in [-0.39, 0.29) is 17.5 Å². The Morgan fingerprint density at radius 3 is 2.95 bits per heavy atom. The largest absolute Gasteiger partial charge is 0.508 e. The first kappa shape index (κ1) is 13.7. The minimum atomic E-state index is 0.0556. The topological polar surface area (TPSA) is 55.7 Å². The van der Waals surface area contributed by atoms with Gasteiger partial charge in [0.1, 0.15) is 11.5 Å². The van der Waals surface area contributed by atoms with E-state index < -0.39 is 0 Å². The molecular weight excluding hydrogens is 252 g/mol. The summed E-state index contributed by atoms with van der Waals surface area (Å²) < 4.78 is 0. The lowest BCUT2D eigenvalue weighted by Gasteiger charge is -2.36. The lowest BCUT2D eigenvalue weighted by Crippen LogP contribution is -2.46. The molecule has 2 heterocycles. The minimum absolute atomic E-state index is 0.0556. The standard InChI is InChI=1S/C16H24N2O2/c1-11(15-10-14(19)4-5-16(15)20)17-12-6-8-18-7-2-3-13(18)9-12/h4-5,10-13,17,19-20H,2-3,6-9H2,1H3. The van der Waals surface area contributed by atoms with Gasteiger partial charge in [0.05, 0.1) is 0 Å². The van der Waals surface area contributed by atoms with Crippen molar-refractivity contribution in [2.24, 2.45) is 0 Å². The third-order valence-electron chi connectivity index (χ3n) is 4.78. The Morgan fingerprint density at radius 2 is 2.10 bits per heavy atom. The van der Waals surface area contributed by atoms with Crippen LogP contribution >= 0.6 is 0 Å². The summed E-state index contributed by atoms with van der Waals surface area (Å²) in [5.74, 6) is 0.457. The number of phenols is 2. The van der Waals surface area contributed by atoms with Crippen LogP contribution < -0.4 is 5.32 Å². The van der Waals surface area contributed by atoms with E-state index >= 15 is 0 Å². The van der Waals surface area contributed by atoms with Crippen molar-refractivity contribution in [3.8, 4) is 11.5 Å².